The Morgan fingerprint density at radius 3 is 2.96 bits per heavy atom. The summed E-state index contributed by atoms with van der Waals surface area (Å²) in [4.78, 5) is 22.8. The van der Waals surface area contributed by atoms with Crippen LogP contribution < -0.4 is 10.1 Å². The molecule has 0 fully saturated rings. The van der Waals surface area contributed by atoms with Gasteiger partial charge in [-0.15, -0.1) is 10.2 Å². The molecule has 1 aliphatic rings. The molecule has 9 heteroatoms. The highest BCUT2D eigenvalue weighted by atomic mass is 16.6. The van der Waals surface area contributed by atoms with Gasteiger partial charge in [-0.2, -0.15) is 0 Å². The molecule has 2 aromatic rings. The van der Waals surface area contributed by atoms with Crippen molar-refractivity contribution in [1.82, 2.24) is 20.1 Å². The number of rotatable bonds is 5. The molecule has 1 aliphatic heterocycles. The lowest BCUT2D eigenvalue weighted by Crippen LogP contribution is -2.25. The second kappa shape index (κ2) is 7.29. The predicted molar refractivity (Wildman–Crippen MR) is 88.4 cm³/mol. The summed E-state index contributed by atoms with van der Waals surface area (Å²) in [5, 5.41) is 22.0. The number of non-ortho nitro benzene ring substituents is 1. The Hall–Kier alpha value is -2.97. The van der Waals surface area contributed by atoms with Crippen LogP contribution in [0.5, 0.6) is 5.75 Å². The fourth-order valence-corrected chi connectivity index (χ4v) is 2.92. The van der Waals surface area contributed by atoms with Crippen molar-refractivity contribution in [3.05, 3.63) is 45.5 Å². The van der Waals surface area contributed by atoms with Gasteiger partial charge >= 0.3 is 0 Å². The molecular weight excluding hydrogens is 326 g/mol. The van der Waals surface area contributed by atoms with Gasteiger partial charge in [0.25, 0.3) is 11.6 Å². The van der Waals surface area contributed by atoms with E-state index in [2.05, 4.69) is 15.5 Å². The number of fused-ring (bicyclic) bond motifs is 1. The Morgan fingerprint density at radius 2 is 2.20 bits per heavy atom. The SMILES string of the molecule is COc1ccc([N+](=O)[O-])cc1C(=O)NCc1nnc2n1CCCCC2. The van der Waals surface area contributed by atoms with Gasteiger partial charge in [-0.05, 0) is 18.9 Å². The highest BCUT2D eigenvalue weighted by Crippen LogP contribution is 2.24. The number of ether oxygens (including phenoxy) is 1. The van der Waals surface area contributed by atoms with Gasteiger partial charge in [-0.3, -0.25) is 14.9 Å². The van der Waals surface area contributed by atoms with Crippen LogP contribution in [-0.4, -0.2) is 32.7 Å². The molecular formula is C16H19N5O4. The normalized spacial score (nSPS) is 13.6. The summed E-state index contributed by atoms with van der Waals surface area (Å²) in [6, 6.07) is 3.92. The van der Waals surface area contributed by atoms with Gasteiger partial charge in [0.2, 0.25) is 0 Å². The van der Waals surface area contributed by atoms with Gasteiger partial charge < -0.3 is 14.6 Å². The highest BCUT2D eigenvalue weighted by molar-refractivity contribution is 5.97. The summed E-state index contributed by atoms with van der Waals surface area (Å²) in [7, 11) is 1.41. The largest absolute Gasteiger partial charge is 0.496 e. The molecule has 2 heterocycles. The maximum atomic E-state index is 12.5. The van der Waals surface area contributed by atoms with Crippen LogP contribution in [-0.2, 0) is 19.5 Å². The third-order valence-electron chi connectivity index (χ3n) is 4.23. The zero-order chi connectivity index (χ0) is 17.8. The molecule has 1 N–H and O–H groups in total. The maximum Gasteiger partial charge on any atom is 0.270 e. The van der Waals surface area contributed by atoms with E-state index >= 15 is 0 Å². The zero-order valence-corrected chi connectivity index (χ0v) is 13.9. The Labute approximate surface area is 144 Å². The third-order valence-corrected chi connectivity index (χ3v) is 4.23. The molecule has 25 heavy (non-hydrogen) atoms. The van der Waals surface area contributed by atoms with Crippen LogP contribution in [0, 0.1) is 10.1 Å². The van der Waals surface area contributed by atoms with Crippen molar-refractivity contribution < 1.29 is 14.5 Å². The van der Waals surface area contributed by atoms with E-state index < -0.39 is 10.8 Å². The van der Waals surface area contributed by atoms with Crippen molar-refractivity contribution in [1.29, 1.82) is 0 Å². The molecule has 1 aromatic carbocycles. The molecule has 0 radical (unpaired) electrons. The minimum Gasteiger partial charge on any atom is -0.496 e. The van der Waals surface area contributed by atoms with Crippen LogP contribution in [0.25, 0.3) is 0 Å². The van der Waals surface area contributed by atoms with Gasteiger partial charge in [0.05, 0.1) is 24.1 Å². The maximum absolute atomic E-state index is 12.5. The van der Waals surface area contributed by atoms with Gasteiger partial charge in [0.15, 0.2) is 5.82 Å². The second-order valence-corrected chi connectivity index (χ2v) is 5.82. The quantitative estimate of drug-likeness (QED) is 0.654. The summed E-state index contributed by atoms with van der Waals surface area (Å²) in [6.45, 7) is 1.05. The number of aryl methyl sites for hydroxylation is 1. The standard InChI is InChI=1S/C16H19N5O4/c1-25-13-7-6-11(21(23)24)9-12(13)16(22)17-10-15-19-18-14-5-3-2-4-8-20(14)15/h6-7,9H,2-5,8,10H2,1H3,(H,17,22). The molecule has 0 saturated heterocycles. The monoisotopic (exact) mass is 345 g/mol. The van der Waals surface area contributed by atoms with E-state index in [1.54, 1.807) is 0 Å². The summed E-state index contributed by atoms with van der Waals surface area (Å²) < 4.78 is 7.17. The molecule has 132 valence electrons. The summed E-state index contributed by atoms with van der Waals surface area (Å²) >= 11 is 0. The zero-order valence-electron chi connectivity index (χ0n) is 13.9. The Balaban J connectivity index is 1.76. The smallest absolute Gasteiger partial charge is 0.270 e. The number of nitrogens with one attached hydrogen (secondary N) is 1. The van der Waals surface area contributed by atoms with Crippen molar-refractivity contribution in [2.75, 3.05) is 7.11 Å². The average Bonchev–Trinajstić information content (AvgIpc) is 2.85. The summed E-state index contributed by atoms with van der Waals surface area (Å²) in [5.41, 5.74) is -0.0467. The molecule has 3 rings (SSSR count). The lowest BCUT2D eigenvalue weighted by molar-refractivity contribution is -0.384. The molecule has 0 aliphatic carbocycles. The molecule has 0 saturated carbocycles. The molecule has 1 aromatic heterocycles. The number of carbonyl (C=O) groups is 1. The number of amides is 1. The molecule has 0 atom stereocenters. The minimum atomic E-state index is -0.547. The Bertz CT molecular complexity index is 802. The topological polar surface area (TPSA) is 112 Å². The number of carbonyl (C=O) groups excluding carboxylic acids is 1. The van der Waals surface area contributed by atoms with Crippen molar-refractivity contribution in [3.8, 4) is 5.75 Å². The first-order valence-corrected chi connectivity index (χ1v) is 8.11. The van der Waals surface area contributed by atoms with Crippen LogP contribution in [0.1, 0.15) is 41.3 Å². The van der Waals surface area contributed by atoms with Gasteiger partial charge in [-0.1, -0.05) is 6.42 Å². The molecule has 0 spiro atoms. The van der Waals surface area contributed by atoms with Crippen LogP contribution in [0.3, 0.4) is 0 Å². The number of benzene rings is 1. The average molecular weight is 345 g/mol. The Morgan fingerprint density at radius 1 is 1.36 bits per heavy atom. The van der Waals surface area contributed by atoms with E-state index in [1.807, 2.05) is 4.57 Å². The number of nitro benzene ring substituents is 1. The first kappa shape index (κ1) is 16.9. The van der Waals surface area contributed by atoms with Crippen LogP contribution in [0.4, 0.5) is 5.69 Å². The van der Waals surface area contributed by atoms with Crippen LogP contribution in [0.15, 0.2) is 18.2 Å². The van der Waals surface area contributed by atoms with Crippen molar-refractivity contribution in [3.63, 3.8) is 0 Å². The van der Waals surface area contributed by atoms with Crippen LogP contribution in [0.2, 0.25) is 0 Å². The van der Waals surface area contributed by atoms with E-state index in [-0.39, 0.29) is 23.5 Å². The number of hydrogen-bond donors (Lipinski definition) is 1. The van der Waals surface area contributed by atoms with Gasteiger partial charge in [0, 0.05) is 25.1 Å². The predicted octanol–water partition coefficient (Wildman–Crippen LogP) is 1.85. The molecule has 0 bridgehead atoms. The fourth-order valence-electron chi connectivity index (χ4n) is 2.92. The lowest BCUT2D eigenvalue weighted by Gasteiger charge is -2.10. The molecule has 1 amide bonds. The minimum absolute atomic E-state index is 0.118. The fraction of sp³-hybridized carbons (Fsp3) is 0.438. The number of nitrogens with zero attached hydrogens (tertiary/aromatic N) is 4. The second-order valence-electron chi connectivity index (χ2n) is 5.82. The molecule has 9 nitrogen and oxygen atoms in total. The van der Waals surface area contributed by atoms with Gasteiger partial charge in [0.1, 0.15) is 11.6 Å². The number of methoxy groups -OCH3 is 1. The first-order chi connectivity index (χ1) is 12.1. The number of aromatic nitrogens is 3. The number of hydrogen-bond acceptors (Lipinski definition) is 6. The van der Waals surface area contributed by atoms with Crippen molar-refractivity contribution in [2.45, 2.75) is 38.8 Å². The lowest BCUT2D eigenvalue weighted by atomic mass is 10.1. The first-order valence-electron chi connectivity index (χ1n) is 8.11. The van der Waals surface area contributed by atoms with E-state index in [0.29, 0.717) is 5.82 Å². The van der Waals surface area contributed by atoms with E-state index in [1.165, 1.54) is 25.3 Å². The van der Waals surface area contributed by atoms with E-state index in [9.17, 15) is 14.9 Å². The van der Waals surface area contributed by atoms with Crippen molar-refractivity contribution >= 4 is 11.6 Å². The number of nitro groups is 1. The van der Waals surface area contributed by atoms with E-state index in [0.717, 1.165) is 38.1 Å². The third kappa shape index (κ3) is 3.59. The Kier molecular flexibility index (Phi) is 4.92. The van der Waals surface area contributed by atoms with Gasteiger partial charge in [-0.25, -0.2) is 0 Å². The molecule has 0 unspecified atom stereocenters. The summed E-state index contributed by atoms with van der Waals surface area (Å²) in [6.07, 6.45) is 4.19. The van der Waals surface area contributed by atoms with E-state index in [4.69, 9.17) is 4.74 Å². The highest BCUT2D eigenvalue weighted by Gasteiger charge is 2.19. The van der Waals surface area contributed by atoms with Crippen LogP contribution >= 0.6 is 0 Å². The van der Waals surface area contributed by atoms with Crippen molar-refractivity contribution in [2.24, 2.45) is 0 Å². The summed E-state index contributed by atoms with van der Waals surface area (Å²) in [5.74, 6) is 1.46.